The van der Waals surface area contributed by atoms with E-state index >= 15 is 0 Å². The molecule has 13 heteroatoms. The van der Waals surface area contributed by atoms with Crippen molar-refractivity contribution in [3.05, 3.63) is 18.2 Å². The maximum Gasteiger partial charge on any atom is 0.326 e. The molecule has 0 aliphatic carbocycles. The number of nitrogens with one attached hydrogen (secondary N) is 4. The highest BCUT2D eigenvalue weighted by atomic mass is 32.2. The molecule has 0 saturated carbocycles. The van der Waals surface area contributed by atoms with E-state index in [2.05, 4.69) is 38.5 Å². The number of carboxylic acids is 1. The van der Waals surface area contributed by atoms with Gasteiger partial charge in [0.25, 0.3) is 0 Å². The summed E-state index contributed by atoms with van der Waals surface area (Å²) in [4.78, 5) is 55.9. The third-order valence-electron chi connectivity index (χ3n) is 4.67. The smallest absolute Gasteiger partial charge is 0.326 e. The summed E-state index contributed by atoms with van der Waals surface area (Å²) >= 11 is 5.61. The Morgan fingerprint density at radius 1 is 1.12 bits per heavy atom. The van der Waals surface area contributed by atoms with Crippen molar-refractivity contribution in [1.29, 1.82) is 0 Å². The van der Waals surface area contributed by atoms with E-state index in [1.54, 1.807) is 13.8 Å². The Bertz CT molecular complexity index is 761. The first-order chi connectivity index (χ1) is 15.1. The Kier molecular flexibility index (Phi) is 12.2. The highest BCUT2D eigenvalue weighted by Gasteiger charge is 2.30. The van der Waals surface area contributed by atoms with Gasteiger partial charge in [-0.3, -0.25) is 14.4 Å². The van der Waals surface area contributed by atoms with Gasteiger partial charge < -0.3 is 31.8 Å². The summed E-state index contributed by atoms with van der Waals surface area (Å²) in [7, 11) is 0. The first kappa shape index (κ1) is 27.8. The second-order valence-corrected chi connectivity index (χ2v) is 8.89. The first-order valence-corrected chi connectivity index (χ1v) is 12.1. The van der Waals surface area contributed by atoms with E-state index < -0.39 is 47.9 Å². The van der Waals surface area contributed by atoms with Gasteiger partial charge in [-0.15, -0.1) is 0 Å². The van der Waals surface area contributed by atoms with Crippen LogP contribution in [0.15, 0.2) is 12.5 Å². The Morgan fingerprint density at radius 2 is 1.72 bits per heavy atom. The van der Waals surface area contributed by atoms with Crippen LogP contribution in [0.4, 0.5) is 0 Å². The predicted molar refractivity (Wildman–Crippen MR) is 125 cm³/mol. The van der Waals surface area contributed by atoms with Gasteiger partial charge in [-0.2, -0.15) is 24.4 Å². The monoisotopic (exact) mass is 488 g/mol. The molecule has 1 aromatic heterocycles. The Labute approximate surface area is 196 Å². The zero-order valence-corrected chi connectivity index (χ0v) is 20.0. The molecule has 32 heavy (non-hydrogen) atoms. The number of aromatic nitrogens is 2. The summed E-state index contributed by atoms with van der Waals surface area (Å²) in [6, 6.07) is -3.99. The Balaban J connectivity index is 2.82. The second kappa shape index (κ2) is 14.0. The van der Waals surface area contributed by atoms with Crippen LogP contribution >= 0.6 is 24.4 Å². The molecular weight excluding hydrogens is 456 g/mol. The van der Waals surface area contributed by atoms with Crippen LogP contribution in [-0.2, 0) is 25.6 Å². The molecule has 0 aliphatic rings. The first-order valence-electron chi connectivity index (χ1n) is 10.1. The quantitative estimate of drug-likeness (QED) is 0.166. The van der Waals surface area contributed by atoms with Crippen molar-refractivity contribution in [3.8, 4) is 0 Å². The normalized spacial score (nSPS) is 14.8. The molecule has 1 heterocycles. The van der Waals surface area contributed by atoms with Gasteiger partial charge in [0.1, 0.15) is 18.1 Å². The number of carbonyl (C=O) groups excluding carboxylic acids is 3. The number of carbonyl (C=O) groups is 4. The molecule has 0 fully saturated rings. The van der Waals surface area contributed by atoms with E-state index in [-0.39, 0.29) is 18.1 Å². The van der Waals surface area contributed by atoms with E-state index in [4.69, 9.17) is 5.73 Å². The number of thiol groups is 1. The van der Waals surface area contributed by atoms with Crippen LogP contribution in [0.1, 0.15) is 26.0 Å². The predicted octanol–water partition coefficient (Wildman–Crippen LogP) is -0.843. The minimum Gasteiger partial charge on any atom is -0.480 e. The van der Waals surface area contributed by atoms with Gasteiger partial charge in [-0.05, 0) is 24.3 Å². The second-order valence-electron chi connectivity index (χ2n) is 7.54. The molecule has 1 aromatic rings. The van der Waals surface area contributed by atoms with Crippen molar-refractivity contribution in [1.82, 2.24) is 25.9 Å². The third kappa shape index (κ3) is 9.09. The van der Waals surface area contributed by atoms with Crippen LogP contribution < -0.4 is 21.7 Å². The number of hydrogen-bond acceptors (Lipinski definition) is 8. The number of carboxylic acid groups (broad SMARTS) is 1. The van der Waals surface area contributed by atoms with Crippen molar-refractivity contribution in [3.63, 3.8) is 0 Å². The third-order valence-corrected chi connectivity index (χ3v) is 5.68. The number of nitrogens with zero attached hydrogens (tertiary/aromatic N) is 1. The molecule has 7 N–H and O–H groups in total. The van der Waals surface area contributed by atoms with Gasteiger partial charge in [0, 0.05) is 24.1 Å². The molecule has 0 spiro atoms. The number of aliphatic carboxylic acids is 1. The van der Waals surface area contributed by atoms with Gasteiger partial charge in [0.2, 0.25) is 17.7 Å². The maximum atomic E-state index is 12.8. The lowest BCUT2D eigenvalue weighted by molar-refractivity contribution is -0.142. The Hall–Kier alpha value is -2.25. The summed E-state index contributed by atoms with van der Waals surface area (Å²) in [5, 5.41) is 17.0. The lowest BCUT2D eigenvalue weighted by Crippen LogP contribution is -2.58. The number of thioether (sulfide) groups is 1. The summed E-state index contributed by atoms with van der Waals surface area (Å²) in [5.74, 6) is -2.55. The van der Waals surface area contributed by atoms with Crippen LogP contribution in [0.5, 0.6) is 0 Å². The van der Waals surface area contributed by atoms with E-state index in [1.807, 2.05) is 6.26 Å². The van der Waals surface area contributed by atoms with Crippen molar-refractivity contribution < 1.29 is 24.3 Å². The molecule has 0 saturated heterocycles. The fraction of sp³-hybridized carbons (Fsp3) is 0.632. The molecule has 11 nitrogen and oxygen atoms in total. The van der Waals surface area contributed by atoms with Crippen molar-refractivity contribution >= 4 is 48.1 Å². The number of nitrogens with two attached hydrogens (primary N) is 1. The molecule has 1 rings (SSSR count). The van der Waals surface area contributed by atoms with Gasteiger partial charge in [0.15, 0.2) is 0 Å². The van der Waals surface area contributed by atoms with Gasteiger partial charge >= 0.3 is 5.97 Å². The summed E-state index contributed by atoms with van der Waals surface area (Å²) in [6.07, 6.45) is 5.06. The SMILES string of the molecule is CSCCC(NC(=O)C(N)C(C)C)C(=O)NC(CS)C(=O)NC(Cc1cnc[nH]1)C(=O)O. The molecule has 3 amide bonds. The van der Waals surface area contributed by atoms with Crippen LogP contribution in [-0.4, -0.2) is 80.7 Å². The molecule has 0 radical (unpaired) electrons. The zero-order chi connectivity index (χ0) is 24.3. The number of H-pyrrole nitrogens is 1. The maximum absolute atomic E-state index is 12.8. The molecule has 0 bridgehead atoms. The number of hydrogen-bond donors (Lipinski definition) is 7. The Morgan fingerprint density at radius 3 is 2.22 bits per heavy atom. The highest BCUT2D eigenvalue weighted by molar-refractivity contribution is 7.98. The molecule has 180 valence electrons. The molecule has 4 unspecified atom stereocenters. The minimum absolute atomic E-state index is 0.00614. The van der Waals surface area contributed by atoms with Crippen LogP contribution in [0, 0.1) is 5.92 Å². The highest BCUT2D eigenvalue weighted by Crippen LogP contribution is 2.06. The fourth-order valence-corrected chi connectivity index (χ4v) is 3.36. The van der Waals surface area contributed by atoms with E-state index in [0.29, 0.717) is 17.9 Å². The topological polar surface area (TPSA) is 179 Å². The van der Waals surface area contributed by atoms with Crippen molar-refractivity contribution in [2.45, 2.75) is 50.9 Å². The number of aromatic amines is 1. The number of amides is 3. The summed E-state index contributed by atoms with van der Waals surface area (Å²) < 4.78 is 0. The van der Waals surface area contributed by atoms with Gasteiger partial charge in [-0.1, -0.05) is 13.8 Å². The number of rotatable bonds is 14. The average molecular weight is 489 g/mol. The van der Waals surface area contributed by atoms with E-state index in [0.717, 1.165) is 0 Å². The zero-order valence-electron chi connectivity index (χ0n) is 18.3. The van der Waals surface area contributed by atoms with Crippen LogP contribution in [0.25, 0.3) is 0 Å². The van der Waals surface area contributed by atoms with E-state index in [9.17, 15) is 24.3 Å². The minimum atomic E-state index is -1.23. The average Bonchev–Trinajstić information content (AvgIpc) is 3.26. The number of imidazole rings is 1. The lowest BCUT2D eigenvalue weighted by Gasteiger charge is -2.25. The summed E-state index contributed by atoms with van der Waals surface area (Å²) in [5.41, 5.74) is 6.40. The fourth-order valence-electron chi connectivity index (χ4n) is 2.63. The molecule has 4 atom stereocenters. The van der Waals surface area contributed by atoms with Gasteiger partial charge in [0.05, 0.1) is 12.4 Å². The molecule has 0 aliphatic heterocycles. The largest absolute Gasteiger partial charge is 0.480 e. The van der Waals surface area contributed by atoms with Gasteiger partial charge in [-0.25, -0.2) is 9.78 Å². The van der Waals surface area contributed by atoms with Crippen LogP contribution in [0.3, 0.4) is 0 Å². The standard InChI is InChI=1S/C19H32N6O5S2/c1-10(2)15(20)18(28)23-12(4-5-32-3)16(26)25-14(8-31)17(27)24-13(19(29)30)6-11-7-21-9-22-11/h7,9-10,12-15,31H,4-6,8,20H2,1-3H3,(H,21,22)(H,23,28)(H,24,27)(H,25,26)(H,29,30). The van der Waals surface area contributed by atoms with E-state index in [1.165, 1.54) is 24.3 Å². The van der Waals surface area contributed by atoms with Crippen molar-refractivity contribution in [2.75, 3.05) is 17.8 Å². The van der Waals surface area contributed by atoms with Crippen LogP contribution in [0.2, 0.25) is 0 Å². The summed E-state index contributed by atoms with van der Waals surface area (Å²) in [6.45, 7) is 3.59. The lowest BCUT2D eigenvalue weighted by atomic mass is 10.0. The van der Waals surface area contributed by atoms with Crippen molar-refractivity contribution in [2.24, 2.45) is 11.7 Å². The molecule has 0 aromatic carbocycles. The molecular formula is C19H32N6O5S2.